The SMILES string of the molecule is COc1ccc(C2C[C@H](N)c3ccccc3O2)cc1F. The molecule has 2 aromatic carbocycles. The number of nitrogens with two attached hydrogens (primary N) is 1. The van der Waals surface area contributed by atoms with Crippen LogP contribution in [0.5, 0.6) is 11.5 Å². The zero-order valence-electron chi connectivity index (χ0n) is 11.2. The Balaban J connectivity index is 1.91. The van der Waals surface area contributed by atoms with Gasteiger partial charge in [-0.25, -0.2) is 4.39 Å². The number of hydrogen-bond donors (Lipinski definition) is 1. The van der Waals surface area contributed by atoms with E-state index >= 15 is 0 Å². The van der Waals surface area contributed by atoms with E-state index in [0.29, 0.717) is 6.42 Å². The minimum absolute atomic E-state index is 0.102. The van der Waals surface area contributed by atoms with Gasteiger partial charge >= 0.3 is 0 Å². The zero-order valence-corrected chi connectivity index (χ0v) is 11.2. The fourth-order valence-electron chi connectivity index (χ4n) is 2.54. The third-order valence-corrected chi connectivity index (χ3v) is 3.60. The maximum absolute atomic E-state index is 13.8. The lowest BCUT2D eigenvalue weighted by Crippen LogP contribution is -2.24. The third-order valence-electron chi connectivity index (χ3n) is 3.60. The van der Waals surface area contributed by atoms with Crippen LogP contribution in [0.25, 0.3) is 0 Å². The van der Waals surface area contributed by atoms with Crippen LogP contribution < -0.4 is 15.2 Å². The quantitative estimate of drug-likeness (QED) is 0.912. The van der Waals surface area contributed by atoms with E-state index in [0.717, 1.165) is 16.9 Å². The monoisotopic (exact) mass is 273 g/mol. The Kier molecular flexibility index (Phi) is 3.32. The van der Waals surface area contributed by atoms with Crippen LogP contribution in [0.1, 0.15) is 29.7 Å². The first-order chi connectivity index (χ1) is 9.69. The van der Waals surface area contributed by atoms with Gasteiger partial charge in [-0.1, -0.05) is 24.3 Å². The van der Waals surface area contributed by atoms with Crippen molar-refractivity contribution in [2.45, 2.75) is 18.6 Å². The van der Waals surface area contributed by atoms with Crippen LogP contribution in [0.4, 0.5) is 4.39 Å². The number of hydrogen-bond acceptors (Lipinski definition) is 3. The summed E-state index contributed by atoms with van der Waals surface area (Å²) in [6, 6.07) is 12.5. The van der Waals surface area contributed by atoms with Gasteiger partial charge in [0.25, 0.3) is 0 Å². The minimum atomic E-state index is -0.388. The molecule has 2 N–H and O–H groups in total. The standard InChI is InChI=1S/C16H16FNO2/c1-19-15-7-6-10(8-12(15)17)16-9-13(18)11-4-2-3-5-14(11)20-16/h2-8,13,16H,9,18H2,1H3/t13-,16?/m0/s1. The smallest absolute Gasteiger partial charge is 0.165 e. The highest BCUT2D eigenvalue weighted by molar-refractivity contribution is 5.39. The summed E-state index contributed by atoms with van der Waals surface area (Å²) in [5.41, 5.74) is 7.94. The summed E-state index contributed by atoms with van der Waals surface area (Å²) >= 11 is 0. The largest absolute Gasteiger partial charge is 0.494 e. The highest BCUT2D eigenvalue weighted by atomic mass is 19.1. The van der Waals surface area contributed by atoms with Crippen LogP contribution in [0.15, 0.2) is 42.5 Å². The van der Waals surface area contributed by atoms with Crippen molar-refractivity contribution in [2.24, 2.45) is 5.73 Å². The van der Waals surface area contributed by atoms with E-state index in [2.05, 4.69) is 0 Å². The number of rotatable bonds is 2. The molecule has 1 aliphatic heterocycles. The molecule has 20 heavy (non-hydrogen) atoms. The third kappa shape index (κ3) is 2.23. The van der Waals surface area contributed by atoms with Crippen LogP contribution >= 0.6 is 0 Å². The molecule has 0 saturated carbocycles. The predicted molar refractivity (Wildman–Crippen MR) is 74.3 cm³/mol. The molecular formula is C16H16FNO2. The summed E-state index contributed by atoms with van der Waals surface area (Å²) in [6.45, 7) is 0. The second-order valence-corrected chi connectivity index (χ2v) is 4.88. The molecule has 0 aromatic heterocycles. The second kappa shape index (κ2) is 5.13. The van der Waals surface area contributed by atoms with Crippen molar-refractivity contribution in [3.05, 3.63) is 59.4 Å². The van der Waals surface area contributed by atoms with Crippen LogP contribution in [0, 0.1) is 5.82 Å². The predicted octanol–water partition coefficient (Wildman–Crippen LogP) is 3.36. The van der Waals surface area contributed by atoms with E-state index in [-0.39, 0.29) is 23.7 Å². The highest BCUT2D eigenvalue weighted by Crippen LogP contribution is 2.39. The molecule has 0 spiro atoms. The van der Waals surface area contributed by atoms with Crippen molar-refractivity contribution in [1.82, 2.24) is 0 Å². The Hall–Kier alpha value is -2.07. The van der Waals surface area contributed by atoms with Crippen LogP contribution in [0.3, 0.4) is 0 Å². The zero-order chi connectivity index (χ0) is 14.1. The maximum Gasteiger partial charge on any atom is 0.165 e. The van der Waals surface area contributed by atoms with Gasteiger partial charge in [-0.2, -0.15) is 0 Å². The molecule has 3 rings (SSSR count). The summed E-state index contributed by atoms with van der Waals surface area (Å²) in [7, 11) is 1.45. The van der Waals surface area contributed by atoms with Gasteiger partial charge in [0.15, 0.2) is 11.6 Å². The normalized spacial score (nSPS) is 20.9. The van der Waals surface area contributed by atoms with E-state index in [1.54, 1.807) is 6.07 Å². The van der Waals surface area contributed by atoms with Gasteiger partial charge in [-0.05, 0) is 23.8 Å². The molecule has 0 radical (unpaired) electrons. The topological polar surface area (TPSA) is 44.5 Å². The van der Waals surface area contributed by atoms with Crippen molar-refractivity contribution in [1.29, 1.82) is 0 Å². The van der Waals surface area contributed by atoms with Gasteiger partial charge < -0.3 is 15.2 Å². The lowest BCUT2D eigenvalue weighted by atomic mass is 9.93. The molecule has 4 heteroatoms. The lowest BCUT2D eigenvalue weighted by Gasteiger charge is -2.30. The second-order valence-electron chi connectivity index (χ2n) is 4.88. The van der Waals surface area contributed by atoms with Crippen molar-refractivity contribution in [3.63, 3.8) is 0 Å². The fraction of sp³-hybridized carbons (Fsp3) is 0.250. The Morgan fingerprint density at radius 1 is 1.25 bits per heavy atom. The summed E-state index contributed by atoms with van der Waals surface area (Å²) in [4.78, 5) is 0. The molecule has 1 heterocycles. The van der Waals surface area contributed by atoms with Crippen LogP contribution in [-0.4, -0.2) is 7.11 Å². The van der Waals surface area contributed by atoms with Crippen molar-refractivity contribution in [2.75, 3.05) is 7.11 Å². The molecule has 0 aliphatic carbocycles. The van der Waals surface area contributed by atoms with Gasteiger partial charge in [0.1, 0.15) is 11.9 Å². The van der Waals surface area contributed by atoms with E-state index < -0.39 is 0 Å². The molecule has 2 aromatic rings. The number of ether oxygens (including phenoxy) is 2. The number of fused-ring (bicyclic) bond motifs is 1. The lowest BCUT2D eigenvalue weighted by molar-refractivity contribution is 0.161. The molecule has 2 atom stereocenters. The average Bonchev–Trinajstić information content (AvgIpc) is 2.47. The van der Waals surface area contributed by atoms with Crippen molar-refractivity contribution in [3.8, 4) is 11.5 Å². The fourth-order valence-corrected chi connectivity index (χ4v) is 2.54. The summed E-state index contributed by atoms with van der Waals surface area (Å²) in [5.74, 6) is 0.614. The highest BCUT2D eigenvalue weighted by Gasteiger charge is 2.27. The van der Waals surface area contributed by atoms with Crippen molar-refractivity contribution >= 4 is 0 Å². The van der Waals surface area contributed by atoms with Crippen LogP contribution in [-0.2, 0) is 0 Å². The Morgan fingerprint density at radius 3 is 2.80 bits per heavy atom. The number of halogens is 1. The Morgan fingerprint density at radius 2 is 2.05 bits per heavy atom. The molecule has 0 fully saturated rings. The average molecular weight is 273 g/mol. The Bertz CT molecular complexity index is 630. The molecule has 3 nitrogen and oxygen atoms in total. The molecule has 1 unspecified atom stereocenters. The van der Waals surface area contributed by atoms with Crippen LogP contribution in [0.2, 0.25) is 0 Å². The van der Waals surface area contributed by atoms with Gasteiger partial charge in [0.05, 0.1) is 7.11 Å². The molecular weight excluding hydrogens is 257 g/mol. The molecule has 1 aliphatic rings. The van der Waals surface area contributed by atoms with E-state index in [1.807, 2.05) is 30.3 Å². The number of para-hydroxylation sites is 1. The first-order valence-corrected chi connectivity index (χ1v) is 6.53. The molecule has 0 amide bonds. The molecule has 104 valence electrons. The number of benzene rings is 2. The van der Waals surface area contributed by atoms with E-state index in [4.69, 9.17) is 15.2 Å². The first-order valence-electron chi connectivity index (χ1n) is 6.53. The first kappa shape index (κ1) is 12.9. The summed E-state index contributed by atoms with van der Waals surface area (Å²) in [6.07, 6.45) is 0.392. The molecule has 0 bridgehead atoms. The van der Waals surface area contributed by atoms with Gasteiger partial charge in [0, 0.05) is 18.0 Å². The van der Waals surface area contributed by atoms with Gasteiger partial charge in [-0.15, -0.1) is 0 Å². The summed E-state index contributed by atoms with van der Waals surface area (Å²) in [5, 5.41) is 0. The summed E-state index contributed by atoms with van der Waals surface area (Å²) < 4.78 is 24.6. The van der Waals surface area contributed by atoms with E-state index in [9.17, 15) is 4.39 Å². The van der Waals surface area contributed by atoms with E-state index in [1.165, 1.54) is 13.2 Å². The minimum Gasteiger partial charge on any atom is -0.494 e. The van der Waals surface area contributed by atoms with Crippen molar-refractivity contribution < 1.29 is 13.9 Å². The number of methoxy groups -OCH3 is 1. The van der Waals surface area contributed by atoms with Gasteiger partial charge in [-0.3, -0.25) is 0 Å². The van der Waals surface area contributed by atoms with Gasteiger partial charge in [0.2, 0.25) is 0 Å². The molecule has 0 saturated heterocycles. The Labute approximate surface area is 117 Å². The maximum atomic E-state index is 13.8.